The fourth-order valence-corrected chi connectivity index (χ4v) is 3.06. The molecule has 1 N–H and O–H groups in total. The molecule has 2 aromatic heterocycles. The van der Waals surface area contributed by atoms with Crippen LogP contribution in [0.2, 0.25) is 0 Å². The van der Waals surface area contributed by atoms with Crippen molar-refractivity contribution in [3.05, 3.63) is 16.3 Å². The molecule has 0 saturated heterocycles. The maximum atomic E-state index is 11.2. The van der Waals surface area contributed by atoms with Gasteiger partial charge < -0.3 is 9.84 Å². The lowest BCUT2D eigenvalue weighted by atomic mass is 10.2. The zero-order chi connectivity index (χ0) is 14.2. The number of aromatic nitrogens is 3. The lowest BCUT2D eigenvalue weighted by Crippen LogP contribution is -1.97. The third-order valence-corrected chi connectivity index (χ3v) is 3.91. The molecule has 102 valence electrons. The van der Waals surface area contributed by atoms with E-state index in [0.29, 0.717) is 23.0 Å². The van der Waals surface area contributed by atoms with Crippen molar-refractivity contribution >= 4 is 17.3 Å². The maximum absolute atomic E-state index is 11.2. The summed E-state index contributed by atoms with van der Waals surface area (Å²) >= 11 is 1.16. The zero-order valence-electron chi connectivity index (χ0n) is 11.2. The number of aryl methyl sites for hydroxylation is 3. The summed E-state index contributed by atoms with van der Waals surface area (Å²) in [7, 11) is 3.34. The smallest absolute Gasteiger partial charge is 0.347 e. The van der Waals surface area contributed by atoms with Crippen molar-refractivity contribution in [3.63, 3.8) is 0 Å². The van der Waals surface area contributed by atoms with Crippen LogP contribution in [0.4, 0.5) is 0 Å². The number of carboxylic acid groups (broad SMARTS) is 1. The molecule has 0 fully saturated rings. The number of carboxylic acids is 1. The Bertz CT molecular complexity index is 630. The summed E-state index contributed by atoms with van der Waals surface area (Å²) < 4.78 is 6.94. The molecule has 0 aromatic carbocycles. The molecule has 0 radical (unpaired) electrons. The van der Waals surface area contributed by atoms with E-state index >= 15 is 0 Å². The van der Waals surface area contributed by atoms with E-state index < -0.39 is 5.97 Å². The molecule has 0 aliphatic carbocycles. The van der Waals surface area contributed by atoms with Crippen LogP contribution in [0.15, 0.2) is 0 Å². The number of rotatable bonds is 4. The van der Waals surface area contributed by atoms with Crippen LogP contribution in [0.1, 0.15) is 28.0 Å². The molecule has 0 saturated carbocycles. The number of methoxy groups -OCH3 is 1. The van der Waals surface area contributed by atoms with Crippen LogP contribution in [0.3, 0.4) is 0 Å². The van der Waals surface area contributed by atoms with E-state index in [1.165, 1.54) is 0 Å². The number of ether oxygens (including phenoxy) is 1. The molecule has 19 heavy (non-hydrogen) atoms. The highest BCUT2D eigenvalue weighted by molar-refractivity contribution is 7.17. The van der Waals surface area contributed by atoms with Crippen molar-refractivity contribution in [3.8, 4) is 16.5 Å². The summed E-state index contributed by atoms with van der Waals surface area (Å²) in [5, 5.41) is 14.1. The van der Waals surface area contributed by atoms with Gasteiger partial charge in [-0.2, -0.15) is 5.10 Å². The molecule has 0 spiro atoms. The highest BCUT2D eigenvalue weighted by Gasteiger charge is 2.23. The Morgan fingerprint density at radius 3 is 2.68 bits per heavy atom. The van der Waals surface area contributed by atoms with Gasteiger partial charge in [0.15, 0.2) is 0 Å². The Hall–Kier alpha value is -1.89. The third kappa shape index (κ3) is 2.21. The molecule has 2 aromatic rings. The number of aromatic carboxylic acids is 1. The minimum atomic E-state index is -0.943. The molecule has 6 nitrogen and oxygen atoms in total. The van der Waals surface area contributed by atoms with Gasteiger partial charge in [0.25, 0.3) is 0 Å². The van der Waals surface area contributed by atoms with Crippen LogP contribution in [0.25, 0.3) is 10.6 Å². The lowest BCUT2D eigenvalue weighted by Gasteiger charge is -2.01. The SMILES string of the molecule is CCc1nc(-c2c(C)nn(C)c2OC)sc1C(=O)O. The monoisotopic (exact) mass is 281 g/mol. The first-order valence-corrected chi connectivity index (χ1v) is 6.62. The van der Waals surface area contributed by atoms with Gasteiger partial charge in [0, 0.05) is 7.05 Å². The van der Waals surface area contributed by atoms with Crippen molar-refractivity contribution < 1.29 is 14.6 Å². The Labute approximate surface area is 114 Å². The van der Waals surface area contributed by atoms with Crippen LogP contribution in [-0.4, -0.2) is 33.0 Å². The van der Waals surface area contributed by atoms with Crippen LogP contribution >= 0.6 is 11.3 Å². The van der Waals surface area contributed by atoms with Gasteiger partial charge in [0.05, 0.1) is 24.1 Å². The third-order valence-electron chi connectivity index (χ3n) is 2.80. The van der Waals surface area contributed by atoms with E-state index in [1.54, 1.807) is 18.8 Å². The van der Waals surface area contributed by atoms with E-state index in [2.05, 4.69) is 10.1 Å². The second-order valence-electron chi connectivity index (χ2n) is 4.05. The van der Waals surface area contributed by atoms with Crippen LogP contribution in [0.5, 0.6) is 5.88 Å². The predicted octanol–water partition coefficient (Wildman–Crippen LogP) is 2.12. The molecule has 2 rings (SSSR count). The van der Waals surface area contributed by atoms with Crippen LogP contribution < -0.4 is 4.74 Å². The fourth-order valence-electron chi connectivity index (χ4n) is 1.98. The van der Waals surface area contributed by atoms with Gasteiger partial charge in [-0.05, 0) is 13.3 Å². The second-order valence-corrected chi connectivity index (χ2v) is 5.05. The normalized spacial score (nSPS) is 10.7. The minimum absolute atomic E-state index is 0.280. The molecular weight excluding hydrogens is 266 g/mol. The van der Waals surface area contributed by atoms with Gasteiger partial charge in [-0.1, -0.05) is 6.92 Å². The number of hydrogen-bond donors (Lipinski definition) is 1. The highest BCUT2D eigenvalue weighted by atomic mass is 32.1. The molecule has 7 heteroatoms. The summed E-state index contributed by atoms with van der Waals surface area (Å²) in [6.07, 6.45) is 0.583. The largest absolute Gasteiger partial charge is 0.481 e. The second kappa shape index (κ2) is 5.00. The molecule has 0 aliphatic heterocycles. The Kier molecular flexibility index (Phi) is 3.57. The highest BCUT2D eigenvalue weighted by Crippen LogP contribution is 2.36. The first-order chi connectivity index (χ1) is 8.99. The van der Waals surface area contributed by atoms with Crippen molar-refractivity contribution in [2.75, 3.05) is 7.11 Å². The van der Waals surface area contributed by atoms with E-state index in [4.69, 9.17) is 4.74 Å². The minimum Gasteiger partial charge on any atom is -0.481 e. The van der Waals surface area contributed by atoms with Gasteiger partial charge in [-0.25, -0.2) is 14.5 Å². The lowest BCUT2D eigenvalue weighted by molar-refractivity contribution is 0.0701. The van der Waals surface area contributed by atoms with Gasteiger partial charge in [0.1, 0.15) is 9.88 Å². The van der Waals surface area contributed by atoms with E-state index in [9.17, 15) is 9.90 Å². The zero-order valence-corrected chi connectivity index (χ0v) is 12.0. The van der Waals surface area contributed by atoms with Crippen molar-refractivity contribution in [1.82, 2.24) is 14.8 Å². The Morgan fingerprint density at radius 2 is 2.21 bits per heavy atom. The summed E-state index contributed by atoms with van der Waals surface area (Å²) in [5.41, 5.74) is 2.13. The van der Waals surface area contributed by atoms with Gasteiger partial charge >= 0.3 is 5.97 Å². The standard InChI is InChI=1S/C12H15N3O3S/c1-5-7-9(12(16)17)19-10(13-7)8-6(2)14-15(3)11(8)18-4/h5H2,1-4H3,(H,16,17). The average molecular weight is 281 g/mol. The average Bonchev–Trinajstić information content (AvgIpc) is 2.89. The van der Waals surface area contributed by atoms with Crippen LogP contribution in [-0.2, 0) is 13.5 Å². The first kappa shape index (κ1) is 13.5. The summed E-state index contributed by atoms with van der Waals surface area (Å²) in [6, 6.07) is 0. The van der Waals surface area contributed by atoms with Gasteiger partial charge in [0.2, 0.25) is 5.88 Å². The Balaban J connectivity index is 2.63. The number of hydrogen-bond acceptors (Lipinski definition) is 5. The van der Waals surface area contributed by atoms with Crippen molar-refractivity contribution in [2.24, 2.45) is 7.05 Å². The van der Waals surface area contributed by atoms with Gasteiger partial charge in [-0.3, -0.25) is 0 Å². The van der Waals surface area contributed by atoms with E-state index in [0.717, 1.165) is 22.6 Å². The van der Waals surface area contributed by atoms with Crippen molar-refractivity contribution in [2.45, 2.75) is 20.3 Å². The predicted molar refractivity (Wildman–Crippen MR) is 71.9 cm³/mol. The van der Waals surface area contributed by atoms with Gasteiger partial charge in [-0.15, -0.1) is 11.3 Å². The molecule has 0 bridgehead atoms. The van der Waals surface area contributed by atoms with Crippen molar-refractivity contribution in [1.29, 1.82) is 0 Å². The number of thiazole rings is 1. The quantitative estimate of drug-likeness (QED) is 0.928. The van der Waals surface area contributed by atoms with Crippen LogP contribution in [0, 0.1) is 6.92 Å². The molecule has 0 atom stereocenters. The fraction of sp³-hybridized carbons (Fsp3) is 0.417. The number of nitrogens with zero attached hydrogens (tertiary/aromatic N) is 3. The summed E-state index contributed by atoms with van der Waals surface area (Å²) in [6.45, 7) is 3.74. The molecule has 0 amide bonds. The van der Waals surface area contributed by atoms with E-state index in [-0.39, 0.29) is 4.88 Å². The summed E-state index contributed by atoms with van der Waals surface area (Å²) in [4.78, 5) is 15.9. The number of carbonyl (C=O) groups is 1. The summed E-state index contributed by atoms with van der Waals surface area (Å²) in [5.74, 6) is -0.355. The molecule has 2 heterocycles. The Morgan fingerprint density at radius 1 is 1.53 bits per heavy atom. The van der Waals surface area contributed by atoms with E-state index in [1.807, 2.05) is 13.8 Å². The first-order valence-electron chi connectivity index (χ1n) is 5.80. The molecule has 0 unspecified atom stereocenters. The molecular formula is C12H15N3O3S. The molecule has 0 aliphatic rings. The maximum Gasteiger partial charge on any atom is 0.347 e. The topological polar surface area (TPSA) is 77.2 Å².